The minimum atomic E-state index is -0.697. The summed E-state index contributed by atoms with van der Waals surface area (Å²) in [6.45, 7) is 3.06. The van der Waals surface area contributed by atoms with Crippen molar-refractivity contribution in [1.29, 1.82) is 0 Å². The Balaban J connectivity index is 1.74. The van der Waals surface area contributed by atoms with Crippen molar-refractivity contribution in [3.05, 3.63) is 48.1 Å². The summed E-state index contributed by atoms with van der Waals surface area (Å²) in [5.41, 5.74) is 10.0. The van der Waals surface area contributed by atoms with Gasteiger partial charge in [-0.3, -0.25) is 14.5 Å². The molecule has 0 bridgehead atoms. The van der Waals surface area contributed by atoms with Gasteiger partial charge < -0.3 is 20.2 Å². The first-order valence-corrected chi connectivity index (χ1v) is 10.0. The predicted octanol–water partition coefficient (Wildman–Crippen LogP) is 2.27. The second-order valence-corrected chi connectivity index (χ2v) is 7.83. The Hall–Kier alpha value is -3.72. The molecule has 0 saturated carbocycles. The summed E-state index contributed by atoms with van der Waals surface area (Å²) >= 11 is 0. The normalized spacial score (nSPS) is 16.4. The third-order valence-corrected chi connectivity index (χ3v) is 5.62. The second-order valence-electron chi connectivity index (χ2n) is 7.83. The quantitative estimate of drug-likeness (QED) is 0.521. The lowest BCUT2D eigenvalue weighted by molar-refractivity contribution is 0.0975. The van der Waals surface area contributed by atoms with Crippen molar-refractivity contribution in [2.45, 2.75) is 19.4 Å². The number of carbonyl (C=O) groups is 1. The van der Waals surface area contributed by atoms with Crippen molar-refractivity contribution >= 4 is 22.5 Å². The number of hydrogen-bond donors (Lipinski definition) is 2. The van der Waals surface area contributed by atoms with Crippen LogP contribution in [0, 0.1) is 6.92 Å². The highest BCUT2D eigenvalue weighted by molar-refractivity contribution is 6.01. The number of oxazole rings is 1. The first-order valence-electron chi connectivity index (χ1n) is 10.0. The van der Waals surface area contributed by atoms with Crippen molar-refractivity contribution in [1.82, 2.24) is 19.7 Å². The first-order chi connectivity index (χ1) is 14.9. The molecule has 9 nitrogen and oxygen atoms in total. The Bertz CT molecular complexity index is 1310. The molecule has 4 aromatic rings. The van der Waals surface area contributed by atoms with E-state index in [0.717, 1.165) is 22.3 Å². The Morgan fingerprint density at radius 2 is 2.16 bits per heavy atom. The molecule has 0 radical (unpaired) electrons. The molecule has 5 rings (SSSR count). The molecule has 1 saturated heterocycles. The molecule has 0 aliphatic carbocycles. The van der Waals surface area contributed by atoms with E-state index in [-0.39, 0.29) is 5.76 Å². The van der Waals surface area contributed by atoms with Gasteiger partial charge in [-0.1, -0.05) is 0 Å². The summed E-state index contributed by atoms with van der Waals surface area (Å²) in [5, 5.41) is 15.4. The van der Waals surface area contributed by atoms with Gasteiger partial charge in [-0.25, -0.2) is 4.98 Å². The smallest absolute Gasteiger partial charge is 0.286 e. The number of nitrogens with zero attached hydrogens (tertiary/aromatic N) is 5. The number of aliphatic hydroxyl groups excluding tert-OH is 1. The maximum Gasteiger partial charge on any atom is 0.286 e. The van der Waals surface area contributed by atoms with E-state index in [1.165, 1.54) is 0 Å². The number of aliphatic hydroxyl groups is 1. The highest BCUT2D eigenvalue weighted by Gasteiger charge is 2.28. The maximum absolute atomic E-state index is 12.3. The van der Waals surface area contributed by atoms with Gasteiger partial charge in [0.05, 0.1) is 17.8 Å². The van der Waals surface area contributed by atoms with Crippen molar-refractivity contribution < 1.29 is 14.3 Å². The summed E-state index contributed by atoms with van der Waals surface area (Å²) in [7, 11) is 1.86. The highest BCUT2D eigenvalue weighted by atomic mass is 16.4. The average molecular weight is 418 g/mol. The van der Waals surface area contributed by atoms with E-state index < -0.39 is 12.0 Å². The number of aromatic nitrogens is 4. The van der Waals surface area contributed by atoms with Gasteiger partial charge in [-0.2, -0.15) is 5.10 Å². The predicted molar refractivity (Wildman–Crippen MR) is 116 cm³/mol. The lowest BCUT2D eigenvalue weighted by atomic mass is 10.0. The highest BCUT2D eigenvalue weighted by Crippen LogP contribution is 2.39. The van der Waals surface area contributed by atoms with Crippen LogP contribution in [-0.2, 0) is 7.05 Å². The van der Waals surface area contributed by atoms with Gasteiger partial charge in [0.25, 0.3) is 5.91 Å². The van der Waals surface area contributed by atoms with Crippen molar-refractivity contribution in [2.24, 2.45) is 12.8 Å². The van der Waals surface area contributed by atoms with Crippen LogP contribution in [0.25, 0.3) is 33.6 Å². The molecule has 1 unspecified atom stereocenters. The average Bonchev–Trinajstić information content (AvgIpc) is 3.46. The van der Waals surface area contributed by atoms with E-state index in [4.69, 9.17) is 10.2 Å². The van der Waals surface area contributed by atoms with Crippen LogP contribution in [0.4, 0.5) is 5.69 Å². The molecule has 31 heavy (non-hydrogen) atoms. The number of fused-ring (bicyclic) bond motifs is 1. The molecule has 9 heteroatoms. The molecule has 1 amide bonds. The molecule has 4 heterocycles. The van der Waals surface area contributed by atoms with Crippen LogP contribution in [-0.4, -0.2) is 50.0 Å². The zero-order valence-corrected chi connectivity index (χ0v) is 17.2. The fourth-order valence-corrected chi connectivity index (χ4v) is 4.07. The summed E-state index contributed by atoms with van der Waals surface area (Å²) in [4.78, 5) is 23.2. The summed E-state index contributed by atoms with van der Waals surface area (Å²) < 4.78 is 7.59. The van der Waals surface area contributed by atoms with Crippen LogP contribution in [0.1, 0.15) is 22.7 Å². The lowest BCUT2D eigenvalue weighted by Crippen LogP contribution is -2.22. The van der Waals surface area contributed by atoms with Crippen LogP contribution in [0.3, 0.4) is 0 Å². The molecule has 3 N–H and O–H groups in total. The van der Waals surface area contributed by atoms with E-state index in [1.807, 2.05) is 32.2 Å². The lowest BCUT2D eigenvalue weighted by Gasteiger charge is -2.21. The monoisotopic (exact) mass is 418 g/mol. The number of carbonyl (C=O) groups excluding carboxylic acids is 1. The van der Waals surface area contributed by atoms with Crippen LogP contribution in [0.5, 0.6) is 0 Å². The van der Waals surface area contributed by atoms with E-state index in [1.54, 1.807) is 23.1 Å². The number of primary amides is 1. The first kappa shape index (κ1) is 19.3. The summed E-state index contributed by atoms with van der Waals surface area (Å²) in [6, 6.07) is 7.55. The van der Waals surface area contributed by atoms with Crippen molar-refractivity contribution in [3.63, 3.8) is 0 Å². The standard InChI is InChI=1S/C22H22N6O3/c1-12-7-13(3-5-24-12)22-26-19(20(31-22)21(23)30)16-9-17-14(10-25-27(17)2)8-18(16)28-6-4-15(29)11-28/h3,5,7-10,15,29H,4,6,11H2,1-2H3,(H2,23,30). The van der Waals surface area contributed by atoms with Crippen LogP contribution < -0.4 is 10.6 Å². The molecule has 1 atom stereocenters. The fraction of sp³-hybridized carbons (Fsp3) is 0.273. The number of benzene rings is 1. The van der Waals surface area contributed by atoms with E-state index in [9.17, 15) is 9.90 Å². The van der Waals surface area contributed by atoms with Gasteiger partial charge >= 0.3 is 0 Å². The third kappa shape index (κ3) is 3.32. The molecule has 1 aliphatic heterocycles. The van der Waals surface area contributed by atoms with Gasteiger partial charge in [0.15, 0.2) is 0 Å². The molecule has 3 aromatic heterocycles. The van der Waals surface area contributed by atoms with Crippen LogP contribution in [0.15, 0.2) is 41.1 Å². The minimum absolute atomic E-state index is 0.00743. The van der Waals surface area contributed by atoms with Gasteiger partial charge in [-0.15, -0.1) is 0 Å². The van der Waals surface area contributed by atoms with Gasteiger partial charge in [0.2, 0.25) is 11.7 Å². The molecule has 0 spiro atoms. The van der Waals surface area contributed by atoms with E-state index >= 15 is 0 Å². The summed E-state index contributed by atoms with van der Waals surface area (Å²) in [5.74, 6) is -0.407. The van der Waals surface area contributed by atoms with Crippen molar-refractivity contribution in [3.8, 4) is 22.7 Å². The summed E-state index contributed by atoms with van der Waals surface area (Å²) in [6.07, 6.45) is 3.73. The Labute approximate surface area is 178 Å². The molecule has 1 fully saturated rings. The number of anilines is 1. The number of amides is 1. The van der Waals surface area contributed by atoms with E-state index in [0.29, 0.717) is 42.2 Å². The molecular formula is C22H22N6O3. The van der Waals surface area contributed by atoms with Crippen molar-refractivity contribution in [2.75, 3.05) is 18.0 Å². The number of pyridine rings is 1. The van der Waals surface area contributed by atoms with Gasteiger partial charge in [0.1, 0.15) is 5.69 Å². The molecule has 158 valence electrons. The molecular weight excluding hydrogens is 396 g/mol. The topological polar surface area (TPSA) is 123 Å². The SMILES string of the molecule is Cc1cc(-c2nc(-c3cc4c(cnn4C)cc3N3CCC(O)C3)c(C(N)=O)o2)ccn1. The fourth-order valence-electron chi connectivity index (χ4n) is 4.07. The zero-order valence-electron chi connectivity index (χ0n) is 17.2. The van der Waals surface area contributed by atoms with E-state index in [2.05, 4.69) is 20.0 Å². The molecule has 1 aromatic carbocycles. The van der Waals surface area contributed by atoms with Gasteiger partial charge in [-0.05, 0) is 37.6 Å². The maximum atomic E-state index is 12.3. The number of aryl methyl sites for hydroxylation is 2. The van der Waals surface area contributed by atoms with Gasteiger partial charge in [0, 0.05) is 54.2 Å². The number of hydrogen-bond acceptors (Lipinski definition) is 7. The second kappa shape index (κ2) is 7.21. The number of β-amino-alcohol motifs (C(OH)–C–C–N with tert-alkyl or cyclic N) is 1. The Kier molecular flexibility index (Phi) is 4.48. The van der Waals surface area contributed by atoms with Crippen LogP contribution >= 0.6 is 0 Å². The Morgan fingerprint density at radius 1 is 1.32 bits per heavy atom. The zero-order chi connectivity index (χ0) is 21.7. The largest absolute Gasteiger partial charge is 0.430 e. The number of rotatable bonds is 4. The molecule has 1 aliphatic rings. The number of nitrogens with two attached hydrogens (primary N) is 1. The minimum Gasteiger partial charge on any atom is -0.430 e. The Morgan fingerprint density at radius 3 is 2.87 bits per heavy atom. The van der Waals surface area contributed by atoms with Crippen LogP contribution in [0.2, 0.25) is 0 Å². The third-order valence-electron chi connectivity index (χ3n) is 5.62.